The van der Waals surface area contributed by atoms with Crippen LogP contribution in [-0.2, 0) is 0 Å². The van der Waals surface area contributed by atoms with Crippen molar-refractivity contribution in [2.75, 3.05) is 13.7 Å². The van der Waals surface area contributed by atoms with E-state index in [-0.39, 0.29) is 0 Å². The second-order valence-electron chi connectivity index (χ2n) is 1.60. The molecule has 1 rings (SSSR count). The first kappa shape index (κ1) is 9.91. The van der Waals surface area contributed by atoms with Crippen LogP contribution in [0, 0.1) is 0 Å². The van der Waals surface area contributed by atoms with Gasteiger partial charge in [-0.05, 0) is 20.0 Å². The lowest BCUT2D eigenvalue weighted by Gasteiger charge is -1.97. The fourth-order valence-electron chi connectivity index (χ4n) is 0.580. The van der Waals surface area contributed by atoms with E-state index in [0.717, 1.165) is 0 Å². The molecule has 0 aliphatic heterocycles. The minimum atomic E-state index is 0.678. The molecular weight excluding hydrogens is 140 g/mol. The van der Waals surface area contributed by atoms with Crippen LogP contribution in [0.25, 0.3) is 0 Å². The second-order valence-corrected chi connectivity index (χ2v) is 1.60. The van der Waals surface area contributed by atoms with E-state index in [2.05, 4.69) is 10.7 Å². The van der Waals surface area contributed by atoms with E-state index in [0.29, 0.717) is 12.5 Å². The van der Waals surface area contributed by atoms with Crippen molar-refractivity contribution in [2.24, 2.45) is 5.73 Å². The van der Waals surface area contributed by atoms with E-state index in [9.17, 15) is 0 Å². The van der Waals surface area contributed by atoms with Gasteiger partial charge in [-0.2, -0.15) is 0 Å². The van der Waals surface area contributed by atoms with Gasteiger partial charge in [-0.3, -0.25) is 0 Å². The van der Waals surface area contributed by atoms with Gasteiger partial charge in [0.15, 0.2) is 0 Å². The molecule has 0 amide bonds. The topological polar surface area (TPSA) is 48.1 Å². The quantitative estimate of drug-likeness (QED) is 0.692. The third-order valence-corrected chi connectivity index (χ3v) is 0.930. The maximum atomic E-state index is 5.09. The monoisotopic (exact) mass is 154 g/mol. The molecule has 1 aromatic heterocycles. The third-order valence-electron chi connectivity index (χ3n) is 0.930. The molecule has 0 aliphatic rings. The zero-order chi connectivity index (χ0) is 8.53. The standard InChI is InChI=1S/C7H9NO.CH5N/c1-2-9-7-5-3-4-6-8-7;1-2/h3-6H,2H2,1H3;2H2,1H3. The summed E-state index contributed by atoms with van der Waals surface area (Å²) in [6.07, 6.45) is 1.71. The summed E-state index contributed by atoms with van der Waals surface area (Å²) in [6.45, 7) is 2.62. The Labute approximate surface area is 67.2 Å². The molecule has 0 aromatic carbocycles. The molecule has 0 saturated carbocycles. The van der Waals surface area contributed by atoms with Crippen LogP contribution in [-0.4, -0.2) is 18.6 Å². The van der Waals surface area contributed by atoms with E-state index in [1.165, 1.54) is 7.05 Å². The molecule has 0 unspecified atom stereocenters. The Morgan fingerprint density at radius 3 is 2.64 bits per heavy atom. The van der Waals surface area contributed by atoms with Gasteiger partial charge in [0.1, 0.15) is 0 Å². The zero-order valence-electron chi connectivity index (χ0n) is 6.95. The molecule has 0 bridgehead atoms. The Kier molecular flexibility index (Phi) is 6.33. The maximum Gasteiger partial charge on any atom is 0.213 e. The van der Waals surface area contributed by atoms with Gasteiger partial charge in [0, 0.05) is 12.3 Å². The van der Waals surface area contributed by atoms with Gasteiger partial charge in [-0.15, -0.1) is 0 Å². The number of nitrogens with zero attached hydrogens (tertiary/aromatic N) is 1. The first-order chi connectivity index (χ1) is 5.43. The summed E-state index contributed by atoms with van der Waals surface area (Å²) in [4.78, 5) is 3.95. The van der Waals surface area contributed by atoms with Crippen LogP contribution >= 0.6 is 0 Å². The van der Waals surface area contributed by atoms with E-state index < -0.39 is 0 Å². The predicted octanol–water partition coefficient (Wildman–Crippen LogP) is 1.06. The van der Waals surface area contributed by atoms with Crippen LogP contribution in [0.15, 0.2) is 24.4 Å². The molecule has 1 aromatic rings. The molecular formula is C8H14N2O. The zero-order valence-corrected chi connectivity index (χ0v) is 6.95. The SMILES string of the molecule is CCOc1ccccn1.CN. The smallest absolute Gasteiger partial charge is 0.213 e. The van der Waals surface area contributed by atoms with Gasteiger partial charge in [0.25, 0.3) is 0 Å². The Balaban J connectivity index is 0.000000461. The van der Waals surface area contributed by atoms with Crippen molar-refractivity contribution >= 4 is 0 Å². The summed E-state index contributed by atoms with van der Waals surface area (Å²) in [6, 6.07) is 5.60. The highest BCUT2D eigenvalue weighted by atomic mass is 16.5. The molecule has 0 spiro atoms. The van der Waals surface area contributed by atoms with Gasteiger partial charge in [-0.25, -0.2) is 4.98 Å². The molecule has 0 radical (unpaired) electrons. The average Bonchev–Trinajstić information content (AvgIpc) is 2.11. The minimum absolute atomic E-state index is 0.678. The number of aromatic nitrogens is 1. The normalized spacial score (nSPS) is 7.91. The molecule has 2 N–H and O–H groups in total. The second kappa shape index (κ2) is 7.02. The number of pyridine rings is 1. The number of nitrogens with two attached hydrogens (primary N) is 1. The molecule has 1 heterocycles. The number of ether oxygens (including phenoxy) is 1. The third kappa shape index (κ3) is 4.33. The van der Waals surface area contributed by atoms with Crippen LogP contribution in [0.3, 0.4) is 0 Å². The van der Waals surface area contributed by atoms with Gasteiger partial charge in [-0.1, -0.05) is 6.07 Å². The summed E-state index contributed by atoms with van der Waals surface area (Å²) in [5.41, 5.74) is 4.50. The van der Waals surface area contributed by atoms with Crippen LogP contribution in [0.5, 0.6) is 5.88 Å². The number of hydrogen-bond donors (Lipinski definition) is 1. The van der Waals surface area contributed by atoms with Crippen molar-refractivity contribution in [1.29, 1.82) is 0 Å². The largest absolute Gasteiger partial charge is 0.478 e. The molecule has 0 atom stereocenters. The molecule has 11 heavy (non-hydrogen) atoms. The first-order valence-corrected chi connectivity index (χ1v) is 3.55. The van der Waals surface area contributed by atoms with Crippen molar-refractivity contribution in [2.45, 2.75) is 6.92 Å². The van der Waals surface area contributed by atoms with Crippen molar-refractivity contribution in [1.82, 2.24) is 4.98 Å². The number of rotatable bonds is 2. The summed E-state index contributed by atoms with van der Waals surface area (Å²) in [5.74, 6) is 0.694. The maximum absolute atomic E-state index is 5.09. The lowest BCUT2D eigenvalue weighted by Crippen LogP contribution is -1.92. The molecule has 3 heteroatoms. The highest BCUT2D eigenvalue weighted by Crippen LogP contribution is 2.01. The lowest BCUT2D eigenvalue weighted by molar-refractivity contribution is 0.327. The van der Waals surface area contributed by atoms with Crippen molar-refractivity contribution < 1.29 is 4.74 Å². The van der Waals surface area contributed by atoms with Gasteiger partial charge in [0.2, 0.25) is 5.88 Å². The summed E-state index contributed by atoms with van der Waals surface area (Å²) in [7, 11) is 1.50. The van der Waals surface area contributed by atoms with Crippen molar-refractivity contribution in [3.05, 3.63) is 24.4 Å². The van der Waals surface area contributed by atoms with E-state index >= 15 is 0 Å². The van der Waals surface area contributed by atoms with Gasteiger partial charge < -0.3 is 10.5 Å². The van der Waals surface area contributed by atoms with Crippen LogP contribution < -0.4 is 10.5 Å². The van der Waals surface area contributed by atoms with Crippen LogP contribution in [0.1, 0.15) is 6.92 Å². The predicted molar refractivity (Wildman–Crippen MR) is 45.5 cm³/mol. The molecule has 62 valence electrons. The van der Waals surface area contributed by atoms with E-state index in [1.807, 2.05) is 25.1 Å². The Bertz CT molecular complexity index is 165. The van der Waals surface area contributed by atoms with Crippen LogP contribution in [0.4, 0.5) is 0 Å². The van der Waals surface area contributed by atoms with Gasteiger partial charge in [0.05, 0.1) is 6.61 Å². The molecule has 3 nitrogen and oxygen atoms in total. The lowest BCUT2D eigenvalue weighted by atomic mass is 10.5. The first-order valence-electron chi connectivity index (χ1n) is 3.55. The average molecular weight is 154 g/mol. The Morgan fingerprint density at radius 2 is 2.18 bits per heavy atom. The highest BCUT2D eigenvalue weighted by molar-refractivity contribution is 5.08. The summed E-state index contributed by atoms with van der Waals surface area (Å²) < 4.78 is 5.09. The van der Waals surface area contributed by atoms with E-state index in [4.69, 9.17) is 4.74 Å². The summed E-state index contributed by atoms with van der Waals surface area (Å²) in [5, 5.41) is 0. The number of hydrogen-bond acceptors (Lipinski definition) is 3. The minimum Gasteiger partial charge on any atom is -0.478 e. The molecule has 0 fully saturated rings. The Morgan fingerprint density at radius 1 is 1.45 bits per heavy atom. The molecule has 0 aliphatic carbocycles. The highest BCUT2D eigenvalue weighted by Gasteiger charge is 1.85. The fourth-order valence-corrected chi connectivity index (χ4v) is 0.580. The fraction of sp³-hybridized carbons (Fsp3) is 0.375. The Hall–Kier alpha value is -1.09. The summed E-state index contributed by atoms with van der Waals surface area (Å²) >= 11 is 0. The van der Waals surface area contributed by atoms with Crippen molar-refractivity contribution in [3.63, 3.8) is 0 Å². The molecule has 0 saturated heterocycles. The van der Waals surface area contributed by atoms with Crippen molar-refractivity contribution in [3.8, 4) is 5.88 Å². The van der Waals surface area contributed by atoms with E-state index in [1.54, 1.807) is 6.20 Å². The van der Waals surface area contributed by atoms with Crippen LogP contribution in [0.2, 0.25) is 0 Å². The van der Waals surface area contributed by atoms with Gasteiger partial charge >= 0.3 is 0 Å².